The van der Waals surface area contributed by atoms with Crippen LogP contribution in [0.2, 0.25) is 0 Å². The maximum atomic E-state index is 12.2. The number of thiazole rings is 1. The van der Waals surface area contributed by atoms with E-state index < -0.39 is 0 Å². The number of nitrogens with zero attached hydrogens (tertiary/aromatic N) is 3. The Balaban J connectivity index is 1.25. The number of likely N-dealkylation sites (tertiary alicyclic amines) is 1. The first kappa shape index (κ1) is 17.2. The Kier molecular flexibility index (Phi) is 5.32. The van der Waals surface area contributed by atoms with Gasteiger partial charge in [-0.25, -0.2) is 4.98 Å². The number of nitrogens with one attached hydrogen (secondary N) is 1. The lowest BCUT2D eigenvalue weighted by Crippen LogP contribution is -2.29. The molecule has 3 aromatic rings. The van der Waals surface area contributed by atoms with Crippen LogP contribution in [0.1, 0.15) is 36.1 Å². The smallest absolute Gasteiger partial charge is 0.226 e. The highest BCUT2D eigenvalue weighted by molar-refractivity contribution is 7.15. The van der Waals surface area contributed by atoms with Gasteiger partial charge in [0.1, 0.15) is 0 Å². The van der Waals surface area contributed by atoms with E-state index in [1.54, 1.807) is 11.3 Å². The van der Waals surface area contributed by atoms with Crippen LogP contribution < -0.4 is 5.32 Å². The third-order valence-electron chi connectivity index (χ3n) is 4.85. The van der Waals surface area contributed by atoms with Crippen molar-refractivity contribution in [2.75, 3.05) is 13.1 Å². The van der Waals surface area contributed by atoms with E-state index in [1.807, 2.05) is 22.2 Å². The van der Waals surface area contributed by atoms with Crippen molar-refractivity contribution < 1.29 is 4.79 Å². The Hall–Kier alpha value is -2.18. The monoisotopic (exact) mass is 368 g/mol. The molecule has 0 saturated carbocycles. The average molecular weight is 369 g/mol. The maximum Gasteiger partial charge on any atom is 0.226 e. The van der Waals surface area contributed by atoms with Crippen LogP contribution in [0.3, 0.4) is 0 Å². The summed E-state index contributed by atoms with van der Waals surface area (Å²) >= 11 is 1.58. The molecule has 1 aliphatic rings. The topological polar surface area (TPSA) is 49.6 Å². The lowest BCUT2D eigenvalue weighted by atomic mass is 10.1. The molecular formula is C20H24N4OS. The molecule has 1 saturated heterocycles. The normalized spacial score (nSPS) is 15.4. The van der Waals surface area contributed by atoms with Gasteiger partial charge in [-0.1, -0.05) is 30.7 Å². The summed E-state index contributed by atoms with van der Waals surface area (Å²) < 4.78 is 1.95. The molecule has 0 radical (unpaired) electrons. The van der Waals surface area contributed by atoms with Crippen LogP contribution in [0.5, 0.6) is 0 Å². The number of rotatable bonds is 6. The van der Waals surface area contributed by atoms with Gasteiger partial charge in [-0.2, -0.15) is 0 Å². The summed E-state index contributed by atoms with van der Waals surface area (Å²) in [6.07, 6.45) is 8.20. The second kappa shape index (κ2) is 8.01. The molecule has 1 fully saturated rings. The van der Waals surface area contributed by atoms with Crippen molar-refractivity contribution in [3.05, 3.63) is 58.9 Å². The molecule has 5 nitrogen and oxygen atoms in total. The van der Waals surface area contributed by atoms with Crippen molar-refractivity contribution in [2.45, 2.75) is 38.8 Å². The van der Waals surface area contributed by atoms with Crippen LogP contribution in [-0.2, 0) is 24.3 Å². The summed E-state index contributed by atoms with van der Waals surface area (Å²) in [5.74, 6) is 0.00754. The molecule has 136 valence electrons. The van der Waals surface area contributed by atoms with Gasteiger partial charge in [0.2, 0.25) is 5.91 Å². The van der Waals surface area contributed by atoms with Gasteiger partial charge in [0.15, 0.2) is 4.96 Å². The van der Waals surface area contributed by atoms with Crippen LogP contribution in [0, 0.1) is 0 Å². The van der Waals surface area contributed by atoms with E-state index in [2.05, 4.69) is 39.5 Å². The molecule has 1 aromatic carbocycles. The van der Waals surface area contributed by atoms with Crippen molar-refractivity contribution in [2.24, 2.45) is 0 Å². The fourth-order valence-corrected chi connectivity index (χ4v) is 4.15. The first-order valence-electron chi connectivity index (χ1n) is 9.24. The SMILES string of the molecule is O=C(Cc1cn2ccsc2n1)NCc1ccc(CN2CCCCC2)cc1. The van der Waals surface area contributed by atoms with Gasteiger partial charge >= 0.3 is 0 Å². The molecule has 26 heavy (non-hydrogen) atoms. The predicted octanol–water partition coefficient (Wildman–Crippen LogP) is 3.24. The summed E-state index contributed by atoms with van der Waals surface area (Å²) in [5.41, 5.74) is 3.29. The third-order valence-corrected chi connectivity index (χ3v) is 5.62. The van der Waals surface area contributed by atoms with Crippen molar-refractivity contribution in [1.29, 1.82) is 0 Å². The van der Waals surface area contributed by atoms with Gasteiger partial charge in [-0.3, -0.25) is 14.1 Å². The molecule has 1 aliphatic heterocycles. The maximum absolute atomic E-state index is 12.2. The van der Waals surface area contributed by atoms with Crippen molar-refractivity contribution in [3.63, 3.8) is 0 Å². The second-order valence-corrected chi connectivity index (χ2v) is 7.80. The van der Waals surface area contributed by atoms with E-state index in [-0.39, 0.29) is 5.91 Å². The number of hydrogen-bond acceptors (Lipinski definition) is 4. The van der Waals surface area contributed by atoms with Crippen molar-refractivity contribution >= 4 is 22.2 Å². The number of aromatic nitrogens is 2. The van der Waals surface area contributed by atoms with E-state index in [0.717, 1.165) is 22.8 Å². The van der Waals surface area contributed by atoms with E-state index >= 15 is 0 Å². The minimum Gasteiger partial charge on any atom is -0.352 e. The van der Waals surface area contributed by atoms with Gasteiger partial charge in [0.05, 0.1) is 12.1 Å². The third kappa shape index (κ3) is 4.31. The molecule has 1 amide bonds. The van der Waals surface area contributed by atoms with Gasteiger partial charge in [-0.05, 0) is 37.1 Å². The molecule has 0 aliphatic carbocycles. The first-order valence-corrected chi connectivity index (χ1v) is 10.1. The average Bonchev–Trinajstić information content (AvgIpc) is 3.23. The highest BCUT2D eigenvalue weighted by Gasteiger charge is 2.11. The zero-order chi connectivity index (χ0) is 17.8. The molecule has 0 atom stereocenters. The lowest BCUT2D eigenvalue weighted by molar-refractivity contribution is -0.120. The van der Waals surface area contributed by atoms with E-state index in [0.29, 0.717) is 13.0 Å². The molecular weight excluding hydrogens is 344 g/mol. The number of amides is 1. The minimum absolute atomic E-state index is 0.00754. The molecule has 1 N–H and O–H groups in total. The minimum atomic E-state index is 0.00754. The summed E-state index contributed by atoms with van der Waals surface area (Å²) in [5, 5.41) is 4.98. The molecule has 0 unspecified atom stereocenters. The van der Waals surface area contributed by atoms with E-state index in [9.17, 15) is 4.79 Å². The van der Waals surface area contributed by atoms with Crippen LogP contribution in [-0.4, -0.2) is 33.3 Å². The number of imidazole rings is 1. The largest absolute Gasteiger partial charge is 0.352 e. The molecule has 2 aromatic heterocycles. The van der Waals surface area contributed by atoms with Gasteiger partial charge < -0.3 is 5.32 Å². The number of hydrogen-bond donors (Lipinski definition) is 1. The van der Waals surface area contributed by atoms with Gasteiger partial charge in [0, 0.05) is 30.9 Å². The number of carbonyl (C=O) groups excluding carboxylic acids is 1. The Morgan fingerprint density at radius 1 is 1.12 bits per heavy atom. The number of fused-ring (bicyclic) bond motifs is 1. The van der Waals surface area contributed by atoms with Gasteiger partial charge in [0.25, 0.3) is 0 Å². The summed E-state index contributed by atoms with van der Waals surface area (Å²) in [7, 11) is 0. The fraction of sp³-hybridized carbons (Fsp3) is 0.400. The zero-order valence-corrected chi connectivity index (χ0v) is 15.7. The highest BCUT2D eigenvalue weighted by atomic mass is 32.1. The quantitative estimate of drug-likeness (QED) is 0.727. The standard InChI is InChI=1S/C20H24N4OS/c25-19(12-18-15-24-10-11-26-20(24)22-18)21-13-16-4-6-17(7-5-16)14-23-8-2-1-3-9-23/h4-7,10-11,15H,1-3,8-9,12-14H2,(H,21,25). The second-order valence-electron chi connectivity index (χ2n) is 6.93. The Morgan fingerprint density at radius 3 is 2.65 bits per heavy atom. The number of benzene rings is 1. The number of piperidine rings is 1. The van der Waals surface area contributed by atoms with E-state index in [4.69, 9.17) is 0 Å². The molecule has 0 bridgehead atoms. The molecule has 0 spiro atoms. The highest BCUT2D eigenvalue weighted by Crippen LogP contribution is 2.14. The summed E-state index contributed by atoms with van der Waals surface area (Å²) in [6.45, 7) is 4.02. The molecule has 6 heteroatoms. The molecule has 3 heterocycles. The predicted molar refractivity (Wildman–Crippen MR) is 104 cm³/mol. The van der Waals surface area contributed by atoms with Crippen LogP contribution in [0.4, 0.5) is 0 Å². The summed E-state index contributed by atoms with van der Waals surface area (Å²) in [6, 6.07) is 8.59. The Morgan fingerprint density at radius 2 is 1.88 bits per heavy atom. The van der Waals surface area contributed by atoms with Gasteiger partial charge in [-0.15, -0.1) is 11.3 Å². The number of carbonyl (C=O) groups is 1. The summed E-state index contributed by atoms with van der Waals surface area (Å²) in [4.78, 5) is 20.1. The molecule has 4 rings (SSSR count). The van der Waals surface area contributed by atoms with Crippen molar-refractivity contribution in [3.8, 4) is 0 Å². The fourth-order valence-electron chi connectivity index (χ4n) is 3.43. The Labute approximate surface area is 157 Å². The Bertz CT molecular complexity index is 833. The zero-order valence-electron chi connectivity index (χ0n) is 14.9. The van der Waals surface area contributed by atoms with E-state index in [1.165, 1.54) is 37.9 Å². The van der Waals surface area contributed by atoms with Crippen molar-refractivity contribution in [1.82, 2.24) is 19.6 Å². The van der Waals surface area contributed by atoms with Crippen LogP contribution >= 0.6 is 11.3 Å². The van der Waals surface area contributed by atoms with Crippen LogP contribution in [0.25, 0.3) is 4.96 Å². The first-order chi connectivity index (χ1) is 12.8. The lowest BCUT2D eigenvalue weighted by Gasteiger charge is -2.26. The van der Waals surface area contributed by atoms with Crippen LogP contribution in [0.15, 0.2) is 42.0 Å².